The van der Waals surface area contributed by atoms with Crippen molar-refractivity contribution in [3.05, 3.63) is 29.8 Å². The van der Waals surface area contributed by atoms with E-state index >= 15 is 0 Å². The molecule has 0 bridgehead atoms. The molecule has 0 aliphatic rings. The van der Waals surface area contributed by atoms with Crippen LogP contribution in [-0.4, -0.2) is 42.1 Å². The molecule has 0 heterocycles. The van der Waals surface area contributed by atoms with Gasteiger partial charge < -0.3 is 19.5 Å². The average Bonchev–Trinajstić information content (AvgIpc) is 2.50. The van der Waals surface area contributed by atoms with Crippen molar-refractivity contribution >= 4 is 23.8 Å². The third-order valence-electron chi connectivity index (χ3n) is 2.85. The summed E-state index contributed by atoms with van der Waals surface area (Å²) in [5.41, 5.74) is -0.659. The van der Waals surface area contributed by atoms with Crippen LogP contribution in [0.25, 0.3) is 0 Å². The Morgan fingerprint density at radius 2 is 1.65 bits per heavy atom. The van der Waals surface area contributed by atoms with Gasteiger partial charge in [-0.25, -0.2) is 9.59 Å². The molecule has 0 radical (unpaired) electrons. The van der Waals surface area contributed by atoms with E-state index in [1.54, 1.807) is 27.7 Å². The monoisotopic (exact) mass is 365 g/mol. The summed E-state index contributed by atoms with van der Waals surface area (Å²) in [5, 5.41) is 2.23. The molecule has 1 unspecified atom stereocenters. The summed E-state index contributed by atoms with van der Waals surface area (Å²) < 4.78 is 14.8. The highest BCUT2D eigenvalue weighted by atomic mass is 16.6. The molecule has 0 aliphatic heterocycles. The quantitative estimate of drug-likeness (QED) is 0.356. The van der Waals surface area contributed by atoms with Crippen LogP contribution in [0.1, 0.15) is 45.0 Å². The number of rotatable bonds is 6. The number of nitrogens with one attached hydrogen (secondary N) is 1. The number of esters is 2. The summed E-state index contributed by atoms with van der Waals surface area (Å²) in [4.78, 5) is 47.6. The molecule has 1 amide bonds. The van der Waals surface area contributed by atoms with E-state index in [0.717, 1.165) is 0 Å². The van der Waals surface area contributed by atoms with Crippen molar-refractivity contribution in [2.24, 2.45) is 0 Å². The summed E-state index contributed by atoms with van der Waals surface area (Å²) in [6, 6.07) is 4.02. The van der Waals surface area contributed by atoms with Crippen LogP contribution in [0.2, 0.25) is 0 Å². The van der Waals surface area contributed by atoms with Crippen LogP contribution in [0, 0.1) is 0 Å². The zero-order valence-corrected chi connectivity index (χ0v) is 15.5. The molecule has 0 saturated carbocycles. The maximum atomic E-state index is 12.6. The summed E-state index contributed by atoms with van der Waals surface area (Å²) in [6.45, 7) is 7.84. The number of ketones is 1. The summed E-state index contributed by atoms with van der Waals surface area (Å²) in [6.07, 6.45) is -0.916. The lowest BCUT2D eigenvalue weighted by atomic mass is 10.0. The number of amides is 1. The van der Waals surface area contributed by atoms with Gasteiger partial charge in [0.1, 0.15) is 11.4 Å². The topological polar surface area (TPSA) is 108 Å². The second-order valence-electron chi connectivity index (χ2n) is 6.31. The van der Waals surface area contributed by atoms with Crippen LogP contribution >= 0.6 is 0 Å². The molecular formula is C18H23NO7. The average molecular weight is 365 g/mol. The molecule has 8 heteroatoms. The minimum absolute atomic E-state index is 0.0456. The van der Waals surface area contributed by atoms with E-state index < -0.39 is 35.5 Å². The molecule has 1 aromatic carbocycles. The van der Waals surface area contributed by atoms with Gasteiger partial charge in [-0.05, 0) is 52.0 Å². The van der Waals surface area contributed by atoms with Gasteiger partial charge in [-0.2, -0.15) is 0 Å². The summed E-state index contributed by atoms with van der Waals surface area (Å²) in [5.74, 6) is -1.82. The van der Waals surface area contributed by atoms with Crippen LogP contribution in [0.3, 0.4) is 0 Å². The maximum Gasteiger partial charge on any atom is 0.408 e. The van der Waals surface area contributed by atoms with Crippen molar-refractivity contribution in [1.29, 1.82) is 0 Å². The molecule has 0 aromatic heterocycles. The Hall–Kier alpha value is -2.90. The number of carbonyl (C=O) groups is 4. The maximum absolute atomic E-state index is 12.6. The van der Waals surface area contributed by atoms with E-state index in [0.29, 0.717) is 0 Å². The lowest BCUT2D eigenvalue weighted by molar-refractivity contribution is -0.144. The summed E-state index contributed by atoms with van der Waals surface area (Å²) >= 11 is 0. The third-order valence-corrected chi connectivity index (χ3v) is 2.85. The first kappa shape index (κ1) is 21.1. The summed E-state index contributed by atoms with van der Waals surface area (Å²) in [7, 11) is 0. The van der Waals surface area contributed by atoms with Crippen LogP contribution in [0.5, 0.6) is 5.75 Å². The van der Waals surface area contributed by atoms with Gasteiger partial charge in [0.2, 0.25) is 0 Å². The van der Waals surface area contributed by atoms with Gasteiger partial charge in [0, 0.05) is 12.5 Å². The zero-order valence-electron chi connectivity index (χ0n) is 15.5. The molecule has 0 saturated heterocycles. The largest absolute Gasteiger partial charge is 0.464 e. The van der Waals surface area contributed by atoms with E-state index in [1.807, 2.05) is 0 Å². The van der Waals surface area contributed by atoms with E-state index in [1.165, 1.54) is 31.2 Å². The van der Waals surface area contributed by atoms with Crippen molar-refractivity contribution in [2.45, 2.75) is 46.3 Å². The lowest BCUT2D eigenvalue weighted by Gasteiger charge is -2.22. The molecule has 0 aliphatic carbocycles. The van der Waals surface area contributed by atoms with Crippen LogP contribution in [0.15, 0.2) is 24.3 Å². The molecule has 0 spiro atoms. The van der Waals surface area contributed by atoms with Gasteiger partial charge in [-0.1, -0.05) is 0 Å². The fourth-order valence-electron chi connectivity index (χ4n) is 1.90. The van der Waals surface area contributed by atoms with Crippen molar-refractivity contribution in [3.63, 3.8) is 0 Å². The first-order valence-corrected chi connectivity index (χ1v) is 8.02. The number of hydrogen-bond acceptors (Lipinski definition) is 7. The first-order chi connectivity index (χ1) is 12.0. The minimum atomic E-state index is -1.55. The third kappa shape index (κ3) is 6.92. The zero-order chi connectivity index (χ0) is 19.9. The molecule has 8 nitrogen and oxygen atoms in total. The van der Waals surface area contributed by atoms with Crippen molar-refractivity contribution in [2.75, 3.05) is 6.61 Å². The fourth-order valence-corrected chi connectivity index (χ4v) is 1.90. The molecule has 1 N–H and O–H groups in total. The van der Waals surface area contributed by atoms with Gasteiger partial charge in [0.05, 0.1) is 6.61 Å². The standard InChI is InChI=1S/C18H23NO7/c1-6-24-16(22)14(19-17(23)26-18(3,4)5)15(21)12-7-9-13(10-8-12)25-11(2)20/h7-10,14H,6H2,1-5H3,(H,19,23). The number of Topliss-reactive ketones (excluding diaryl/α,β-unsaturated/α-hetero) is 1. The molecule has 26 heavy (non-hydrogen) atoms. The Kier molecular flexibility index (Phi) is 7.30. The van der Waals surface area contributed by atoms with Crippen LogP contribution in [-0.2, 0) is 19.1 Å². The van der Waals surface area contributed by atoms with E-state index in [2.05, 4.69) is 5.32 Å². The molecule has 1 atom stereocenters. The molecule has 1 rings (SSSR count). The predicted molar refractivity (Wildman–Crippen MR) is 91.9 cm³/mol. The highest BCUT2D eigenvalue weighted by Gasteiger charge is 2.32. The van der Waals surface area contributed by atoms with Gasteiger partial charge in [-0.15, -0.1) is 0 Å². The Labute approximate surface area is 151 Å². The van der Waals surface area contributed by atoms with Gasteiger partial charge in [0.15, 0.2) is 11.8 Å². The van der Waals surface area contributed by atoms with Crippen LogP contribution < -0.4 is 10.1 Å². The predicted octanol–water partition coefficient (Wildman–Crippen LogP) is 2.25. The number of hydrogen-bond donors (Lipinski definition) is 1. The highest BCUT2D eigenvalue weighted by Crippen LogP contribution is 2.15. The Balaban J connectivity index is 2.98. The normalized spacial score (nSPS) is 11.9. The Morgan fingerprint density at radius 1 is 1.08 bits per heavy atom. The number of alkyl carbamates (subject to hydrolysis) is 1. The van der Waals surface area contributed by atoms with Gasteiger partial charge in [-0.3, -0.25) is 9.59 Å². The smallest absolute Gasteiger partial charge is 0.408 e. The van der Waals surface area contributed by atoms with E-state index in [9.17, 15) is 19.2 Å². The number of carbonyl (C=O) groups excluding carboxylic acids is 4. The molecule has 1 aromatic rings. The fraction of sp³-hybridized carbons (Fsp3) is 0.444. The number of ether oxygens (including phenoxy) is 3. The van der Waals surface area contributed by atoms with E-state index in [-0.39, 0.29) is 17.9 Å². The first-order valence-electron chi connectivity index (χ1n) is 8.02. The molecular weight excluding hydrogens is 342 g/mol. The highest BCUT2D eigenvalue weighted by molar-refractivity contribution is 6.13. The van der Waals surface area contributed by atoms with Crippen molar-refractivity contribution < 1.29 is 33.4 Å². The molecule has 0 fully saturated rings. The van der Waals surface area contributed by atoms with Crippen LogP contribution in [0.4, 0.5) is 4.79 Å². The van der Waals surface area contributed by atoms with Gasteiger partial charge in [0.25, 0.3) is 0 Å². The number of benzene rings is 1. The Morgan fingerprint density at radius 3 is 2.12 bits per heavy atom. The lowest BCUT2D eigenvalue weighted by Crippen LogP contribution is -2.49. The SMILES string of the molecule is CCOC(=O)C(NC(=O)OC(C)(C)C)C(=O)c1ccc(OC(C)=O)cc1. The van der Waals surface area contributed by atoms with Crippen molar-refractivity contribution in [1.82, 2.24) is 5.32 Å². The molecule has 142 valence electrons. The van der Waals surface area contributed by atoms with Crippen molar-refractivity contribution in [3.8, 4) is 5.75 Å². The van der Waals surface area contributed by atoms with E-state index in [4.69, 9.17) is 14.2 Å². The van der Waals surface area contributed by atoms with Gasteiger partial charge >= 0.3 is 18.0 Å². The second-order valence-corrected chi connectivity index (χ2v) is 6.31. The minimum Gasteiger partial charge on any atom is -0.464 e. The Bertz CT molecular complexity index is 674. The second kappa shape index (κ2) is 8.98.